The van der Waals surface area contributed by atoms with Gasteiger partial charge in [0.05, 0.1) is 23.9 Å². The molecule has 0 unspecified atom stereocenters. The predicted molar refractivity (Wildman–Crippen MR) is 117 cm³/mol. The third kappa shape index (κ3) is 6.58. The minimum atomic E-state index is -0.545. The van der Waals surface area contributed by atoms with Crippen LogP contribution in [0.15, 0.2) is 77.9 Å². The number of hydrogen-bond acceptors (Lipinski definition) is 6. The first-order valence-electron chi connectivity index (χ1n) is 9.20. The SMILES string of the molecule is COc1ccc(OCC(=O)N/N=C/c2ccc(OC(=O)c3ccccc3Cl)cc2)cc1. The molecule has 0 aliphatic carbocycles. The lowest BCUT2D eigenvalue weighted by atomic mass is 10.2. The highest BCUT2D eigenvalue weighted by Crippen LogP contribution is 2.19. The largest absolute Gasteiger partial charge is 0.497 e. The van der Waals surface area contributed by atoms with Crippen molar-refractivity contribution in [3.05, 3.63) is 88.9 Å². The van der Waals surface area contributed by atoms with Crippen molar-refractivity contribution < 1.29 is 23.8 Å². The molecule has 0 heterocycles. The molecule has 7 nitrogen and oxygen atoms in total. The van der Waals surface area contributed by atoms with Gasteiger partial charge in [-0.1, -0.05) is 23.7 Å². The topological polar surface area (TPSA) is 86.2 Å². The molecule has 0 atom stereocenters. The number of ether oxygens (including phenoxy) is 3. The van der Waals surface area contributed by atoms with Crippen LogP contribution in [0.4, 0.5) is 0 Å². The maximum Gasteiger partial charge on any atom is 0.345 e. The average molecular weight is 439 g/mol. The molecule has 1 N–H and O–H groups in total. The number of halogens is 1. The number of amides is 1. The third-order valence-electron chi connectivity index (χ3n) is 4.02. The van der Waals surface area contributed by atoms with Gasteiger partial charge in [-0.15, -0.1) is 0 Å². The number of hydrazone groups is 1. The maximum absolute atomic E-state index is 12.2. The molecule has 0 saturated heterocycles. The zero-order chi connectivity index (χ0) is 22.1. The minimum absolute atomic E-state index is 0.180. The van der Waals surface area contributed by atoms with Crippen molar-refractivity contribution in [2.75, 3.05) is 13.7 Å². The second kappa shape index (κ2) is 10.8. The van der Waals surface area contributed by atoms with Crippen LogP contribution < -0.4 is 19.6 Å². The quantitative estimate of drug-likeness (QED) is 0.248. The fourth-order valence-corrected chi connectivity index (χ4v) is 2.66. The first-order valence-corrected chi connectivity index (χ1v) is 9.58. The summed E-state index contributed by atoms with van der Waals surface area (Å²) in [5.41, 5.74) is 3.37. The van der Waals surface area contributed by atoms with E-state index >= 15 is 0 Å². The van der Waals surface area contributed by atoms with E-state index in [2.05, 4.69) is 10.5 Å². The standard InChI is InChI=1S/C23H19ClN2O5/c1-29-17-10-12-18(13-11-17)30-15-22(27)26-25-14-16-6-8-19(9-7-16)31-23(28)20-4-2-3-5-21(20)24/h2-14H,15H2,1H3,(H,26,27)/b25-14+. The van der Waals surface area contributed by atoms with E-state index in [4.69, 9.17) is 25.8 Å². The van der Waals surface area contributed by atoms with Gasteiger partial charge in [-0.05, 0) is 66.2 Å². The molecule has 0 aliphatic heterocycles. The van der Waals surface area contributed by atoms with Gasteiger partial charge in [-0.2, -0.15) is 5.10 Å². The average Bonchev–Trinajstić information content (AvgIpc) is 2.79. The molecule has 31 heavy (non-hydrogen) atoms. The Labute approximate surface area is 184 Å². The molecule has 8 heteroatoms. The van der Waals surface area contributed by atoms with Crippen molar-refractivity contribution in [3.63, 3.8) is 0 Å². The summed E-state index contributed by atoms with van der Waals surface area (Å²) < 4.78 is 15.7. The number of nitrogens with one attached hydrogen (secondary N) is 1. The summed E-state index contributed by atoms with van der Waals surface area (Å²) in [5.74, 6) is 0.653. The van der Waals surface area contributed by atoms with Gasteiger partial charge in [-0.3, -0.25) is 4.79 Å². The smallest absolute Gasteiger partial charge is 0.345 e. The molecule has 0 saturated carbocycles. The van der Waals surface area contributed by atoms with E-state index in [-0.39, 0.29) is 12.2 Å². The molecule has 0 radical (unpaired) electrons. The van der Waals surface area contributed by atoms with E-state index in [0.29, 0.717) is 27.8 Å². The summed E-state index contributed by atoms with van der Waals surface area (Å²) >= 11 is 6.00. The molecule has 0 aliphatic rings. The maximum atomic E-state index is 12.2. The lowest BCUT2D eigenvalue weighted by Gasteiger charge is -2.06. The predicted octanol–water partition coefficient (Wildman–Crippen LogP) is 4.10. The zero-order valence-electron chi connectivity index (χ0n) is 16.6. The Morgan fingerprint density at radius 1 is 0.935 bits per heavy atom. The number of carbonyl (C=O) groups excluding carboxylic acids is 2. The van der Waals surface area contributed by atoms with Crippen LogP contribution in [-0.2, 0) is 4.79 Å². The number of esters is 1. The van der Waals surface area contributed by atoms with E-state index in [9.17, 15) is 9.59 Å². The first kappa shape index (κ1) is 21.9. The molecule has 3 aromatic carbocycles. The van der Waals surface area contributed by atoms with Crippen LogP contribution in [0, 0.1) is 0 Å². The third-order valence-corrected chi connectivity index (χ3v) is 4.35. The summed E-state index contributed by atoms with van der Waals surface area (Å²) in [6.07, 6.45) is 1.46. The number of nitrogens with zero attached hydrogens (tertiary/aromatic N) is 1. The number of rotatable bonds is 8. The van der Waals surface area contributed by atoms with E-state index < -0.39 is 11.9 Å². The van der Waals surface area contributed by atoms with Crippen molar-refractivity contribution in [2.45, 2.75) is 0 Å². The molecular weight excluding hydrogens is 420 g/mol. The van der Waals surface area contributed by atoms with Crippen LogP contribution in [-0.4, -0.2) is 31.8 Å². The molecular formula is C23H19ClN2O5. The Bertz CT molecular complexity index is 1070. The van der Waals surface area contributed by atoms with Gasteiger partial charge in [0.25, 0.3) is 5.91 Å². The van der Waals surface area contributed by atoms with Crippen LogP contribution in [0.25, 0.3) is 0 Å². The Balaban J connectivity index is 1.46. The molecule has 0 bridgehead atoms. The number of hydrogen-bond donors (Lipinski definition) is 1. The normalized spacial score (nSPS) is 10.5. The lowest BCUT2D eigenvalue weighted by Crippen LogP contribution is -2.24. The molecule has 0 aromatic heterocycles. The summed E-state index contributed by atoms with van der Waals surface area (Å²) in [4.78, 5) is 24.0. The Kier molecular flexibility index (Phi) is 7.61. The zero-order valence-corrected chi connectivity index (χ0v) is 17.3. The Morgan fingerprint density at radius 3 is 2.26 bits per heavy atom. The van der Waals surface area contributed by atoms with E-state index in [0.717, 1.165) is 0 Å². The van der Waals surface area contributed by atoms with Gasteiger partial charge in [0.2, 0.25) is 0 Å². The van der Waals surface area contributed by atoms with Gasteiger partial charge in [0.1, 0.15) is 17.2 Å². The van der Waals surface area contributed by atoms with Crippen molar-refractivity contribution in [2.24, 2.45) is 5.10 Å². The molecule has 0 spiro atoms. The summed E-state index contributed by atoms with van der Waals surface area (Å²) in [5, 5.41) is 4.20. The van der Waals surface area contributed by atoms with Gasteiger partial charge in [-0.25, -0.2) is 10.2 Å². The van der Waals surface area contributed by atoms with Gasteiger partial charge in [0, 0.05) is 0 Å². The number of benzene rings is 3. The van der Waals surface area contributed by atoms with Crippen LogP contribution >= 0.6 is 11.6 Å². The van der Waals surface area contributed by atoms with Crippen LogP contribution in [0.3, 0.4) is 0 Å². The Morgan fingerprint density at radius 2 is 1.58 bits per heavy atom. The lowest BCUT2D eigenvalue weighted by molar-refractivity contribution is -0.123. The van der Waals surface area contributed by atoms with Gasteiger partial charge >= 0.3 is 5.97 Å². The highest BCUT2D eigenvalue weighted by molar-refractivity contribution is 6.33. The van der Waals surface area contributed by atoms with E-state index in [1.165, 1.54) is 6.21 Å². The van der Waals surface area contributed by atoms with Gasteiger partial charge < -0.3 is 14.2 Å². The molecule has 3 rings (SSSR count). The van der Waals surface area contributed by atoms with Crippen molar-refractivity contribution >= 4 is 29.7 Å². The van der Waals surface area contributed by atoms with Crippen molar-refractivity contribution in [1.29, 1.82) is 0 Å². The molecule has 3 aromatic rings. The molecule has 1 amide bonds. The monoisotopic (exact) mass is 438 g/mol. The summed E-state index contributed by atoms with van der Waals surface area (Å²) in [6.45, 7) is -0.180. The summed E-state index contributed by atoms with van der Waals surface area (Å²) in [6, 6.07) is 20.1. The fourth-order valence-electron chi connectivity index (χ4n) is 2.44. The van der Waals surface area contributed by atoms with Crippen LogP contribution in [0.1, 0.15) is 15.9 Å². The highest BCUT2D eigenvalue weighted by Gasteiger charge is 2.12. The van der Waals surface area contributed by atoms with Crippen molar-refractivity contribution in [1.82, 2.24) is 5.43 Å². The molecule has 158 valence electrons. The highest BCUT2D eigenvalue weighted by atomic mass is 35.5. The van der Waals surface area contributed by atoms with Gasteiger partial charge in [0.15, 0.2) is 6.61 Å². The Hall–Kier alpha value is -3.84. The number of methoxy groups -OCH3 is 1. The molecule has 0 fully saturated rings. The first-order chi connectivity index (χ1) is 15.0. The van der Waals surface area contributed by atoms with E-state index in [1.54, 1.807) is 79.9 Å². The van der Waals surface area contributed by atoms with Crippen molar-refractivity contribution in [3.8, 4) is 17.2 Å². The van der Waals surface area contributed by atoms with E-state index in [1.807, 2.05) is 0 Å². The number of carbonyl (C=O) groups is 2. The second-order valence-corrected chi connectivity index (χ2v) is 6.60. The van der Waals surface area contributed by atoms with Crippen LogP contribution in [0.2, 0.25) is 5.02 Å². The summed E-state index contributed by atoms with van der Waals surface area (Å²) in [7, 11) is 1.57. The second-order valence-electron chi connectivity index (χ2n) is 6.20. The van der Waals surface area contributed by atoms with Crippen LogP contribution in [0.5, 0.6) is 17.2 Å². The minimum Gasteiger partial charge on any atom is -0.497 e. The fraction of sp³-hybridized carbons (Fsp3) is 0.0870.